The molecule has 0 saturated carbocycles. The number of rotatable bonds is 5. The zero-order valence-electron chi connectivity index (χ0n) is 13.4. The molecular formula is C17H27N3O. The van der Waals surface area contributed by atoms with Crippen LogP contribution in [0.5, 0.6) is 0 Å². The highest BCUT2D eigenvalue weighted by molar-refractivity contribution is 6.00. The molecule has 116 valence electrons. The van der Waals surface area contributed by atoms with Crippen molar-refractivity contribution >= 4 is 11.6 Å². The van der Waals surface area contributed by atoms with Gasteiger partial charge in [0.25, 0.3) is 5.91 Å². The Hall–Kier alpha value is -1.55. The van der Waals surface area contributed by atoms with Crippen molar-refractivity contribution in [1.29, 1.82) is 0 Å². The van der Waals surface area contributed by atoms with Crippen LogP contribution in [0.1, 0.15) is 42.1 Å². The highest BCUT2D eigenvalue weighted by Crippen LogP contribution is 2.18. The maximum Gasteiger partial charge on any atom is 0.253 e. The number of nitrogens with one attached hydrogen (secondary N) is 2. The van der Waals surface area contributed by atoms with Gasteiger partial charge in [0.15, 0.2) is 0 Å². The second-order valence-corrected chi connectivity index (χ2v) is 6.05. The molecule has 4 heteroatoms. The Labute approximate surface area is 127 Å². The van der Waals surface area contributed by atoms with Gasteiger partial charge in [0.05, 0.1) is 5.56 Å². The quantitative estimate of drug-likeness (QED) is 0.876. The molecule has 1 fully saturated rings. The molecule has 1 amide bonds. The van der Waals surface area contributed by atoms with Gasteiger partial charge < -0.3 is 15.5 Å². The maximum absolute atomic E-state index is 12.6. The first-order chi connectivity index (χ1) is 10.1. The summed E-state index contributed by atoms with van der Waals surface area (Å²) in [4.78, 5) is 14.9. The first-order valence-electron chi connectivity index (χ1n) is 7.94. The fourth-order valence-corrected chi connectivity index (χ4v) is 2.81. The Balaban J connectivity index is 2.08. The lowest BCUT2D eigenvalue weighted by Crippen LogP contribution is -2.46. The SMILES string of the molecule is CCCNc1ccc(C)cc1C(=O)NC1CCCN(C)C1. The first-order valence-corrected chi connectivity index (χ1v) is 7.94. The van der Waals surface area contributed by atoms with Gasteiger partial charge in [0.1, 0.15) is 0 Å². The summed E-state index contributed by atoms with van der Waals surface area (Å²) in [7, 11) is 2.11. The number of likely N-dealkylation sites (N-methyl/N-ethyl adjacent to an activating group) is 1. The van der Waals surface area contributed by atoms with E-state index in [-0.39, 0.29) is 11.9 Å². The minimum Gasteiger partial charge on any atom is -0.384 e. The van der Waals surface area contributed by atoms with Crippen molar-refractivity contribution in [2.24, 2.45) is 0 Å². The summed E-state index contributed by atoms with van der Waals surface area (Å²) < 4.78 is 0. The highest BCUT2D eigenvalue weighted by Gasteiger charge is 2.20. The monoisotopic (exact) mass is 289 g/mol. The van der Waals surface area contributed by atoms with Crippen molar-refractivity contribution in [1.82, 2.24) is 10.2 Å². The molecule has 0 bridgehead atoms. The van der Waals surface area contributed by atoms with Gasteiger partial charge in [-0.2, -0.15) is 0 Å². The van der Waals surface area contributed by atoms with Crippen LogP contribution in [0.4, 0.5) is 5.69 Å². The van der Waals surface area contributed by atoms with E-state index in [2.05, 4.69) is 29.5 Å². The maximum atomic E-state index is 12.6. The summed E-state index contributed by atoms with van der Waals surface area (Å²) in [6, 6.07) is 6.28. The Morgan fingerprint density at radius 2 is 2.24 bits per heavy atom. The van der Waals surface area contributed by atoms with Gasteiger partial charge in [0, 0.05) is 24.8 Å². The molecule has 0 aromatic heterocycles. The molecule has 0 radical (unpaired) electrons. The van der Waals surface area contributed by atoms with Gasteiger partial charge in [-0.25, -0.2) is 0 Å². The summed E-state index contributed by atoms with van der Waals surface area (Å²) in [5.74, 6) is 0.0394. The minimum absolute atomic E-state index is 0.0394. The van der Waals surface area contributed by atoms with Crippen molar-refractivity contribution in [3.8, 4) is 0 Å². The molecule has 2 N–H and O–H groups in total. The average molecular weight is 289 g/mol. The average Bonchev–Trinajstić information content (AvgIpc) is 2.46. The van der Waals surface area contributed by atoms with Gasteiger partial charge in [-0.15, -0.1) is 0 Å². The van der Waals surface area contributed by atoms with Crippen LogP contribution in [0.3, 0.4) is 0 Å². The van der Waals surface area contributed by atoms with Crippen LogP contribution in [0.2, 0.25) is 0 Å². The van der Waals surface area contributed by atoms with Gasteiger partial charge in [-0.05, 0) is 51.9 Å². The van der Waals surface area contributed by atoms with Crippen LogP contribution in [0.15, 0.2) is 18.2 Å². The topological polar surface area (TPSA) is 44.4 Å². The second-order valence-electron chi connectivity index (χ2n) is 6.05. The lowest BCUT2D eigenvalue weighted by molar-refractivity contribution is 0.0913. The number of likely N-dealkylation sites (tertiary alicyclic amines) is 1. The van der Waals surface area contributed by atoms with E-state index in [1.54, 1.807) is 0 Å². The number of carbonyl (C=O) groups is 1. The highest BCUT2D eigenvalue weighted by atomic mass is 16.1. The van der Waals surface area contributed by atoms with E-state index in [1.165, 1.54) is 0 Å². The zero-order chi connectivity index (χ0) is 15.2. The Kier molecular flexibility index (Phi) is 5.62. The summed E-state index contributed by atoms with van der Waals surface area (Å²) in [5.41, 5.74) is 2.81. The number of benzene rings is 1. The lowest BCUT2D eigenvalue weighted by Gasteiger charge is -2.30. The van der Waals surface area contributed by atoms with Crippen LogP contribution in [-0.2, 0) is 0 Å². The molecule has 1 heterocycles. The smallest absolute Gasteiger partial charge is 0.253 e. The molecule has 1 unspecified atom stereocenters. The summed E-state index contributed by atoms with van der Waals surface area (Å²) in [6.07, 6.45) is 3.26. The van der Waals surface area contributed by atoms with Crippen molar-refractivity contribution in [3.05, 3.63) is 29.3 Å². The standard InChI is InChI=1S/C17H27N3O/c1-4-9-18-16-8-7-13(2)11-15(16)17(21)19-14-6-5-10-20(3)12-14/h7-8,11,14,18H,4-6,9-10,12H2,1-3H3,(H,19,21). The molecule has 21 heavy (non-hydrogen) atoms. The van der Waals surface area contributed by atoms with Crippen molar-refractivity contribution in [3.63, 3.8) is 0 Å². The number of piperidine rings is 1. The van der Waals surface area contributed by atoms with E-state index in [0.717, 1.165) is 55.7 Å². The van der Waals surface area contributed by atoms with E-state index >= 15 is 0 Å². The first kappa shape index (κ1) is 15.8. The van der Waals surface area contributed by atoms with Gasteiger partial charge in [-0.3, -0.25) is 4.79 Å². The van der Waals surface area contributed by atoms with Crippen molar-refractivity contribution < 1.29 is 4.79 Å². The fraction of sp³-hybridized carbons (Fsp3) is 0.588. The molecule has 0 aliphatic carbocycles. The molecule has 0 spiro atoms. The molecule has 4 nitrogen and oxygen atoms in total. The normalized spacial score (nSPS) is 19.3. The number of nitrogens with zero attached hydrogens (tertiary/aromatic N) is 1. The number of amides is 1. The number of anilines is 1. The molecular weight excluding hydrogens is 262 g/mol. The van der Waals surface area contributed by atoms with Crippen LogP contribution in [0, 0.1) is 6.92 Å². The third kappa shape index (κ3) is 4.46. The van der Waals surface area contributed by atoms with Gasteiger partial charge in [0.2, 0.25) is 0 Å². The lowest BCUT2D eigenvalue weighted by atomic mass is 10.0. The summed E-state index contributed by atoms with van der Waals surface area (Å²) in [6.45, 7) is 7.10. The van der Waals surface area contributed by atoms with Crippen molar-refractivity contribution in [2.45, 2.75) is 39.2 Å². The van der Waals surface area contributed by atoms with E-state index in [1.807, 2.05) is 25.1 Å². The number of carbonyl (C=O) groups excluding carboxylic acids is 1. The van der Waals surface area contributed by atoms with Crippen LogP contribution >= 0.6 is 0 Å². The molecule has 1 aromatic carbocycles. The van der Waals surface area contributed by atoms with Crippen LogP contribution in [0.25, 0.3) is 0 Å². The van der Waals surface area contributed by atoms with E-state index in [0.29, 0.717) is 0 Å². The van der Waals surface area contributed by atoms with E-state index < -0.39 is 0 Å². The fourth-order valence-electron chi connectivity index (χ4n) is 2.81. The number of hydrogen-bond acceptors (Lipinski definition) is 3. The molecule has 1 saturated heterocycles. The predicted octanol–water partition coefficient (Wildman–Crippen LogP) is 2.64. The Bertz CT molecular complexity index is 487. The largest absolute Gasteiger partial charge is 0.384 e. The third-order valence-electron chi connectivity index (χ3n) is 3.94. The van der Waals surface area contributed by atoms with E-state index in [4.69, 9.17) is 0 Å². The summed E-state index contributed by atoms with van der Waals surface area (Å²) in [5, 5.41) is 6.53. The van der Waals surface area contributed by atoms with Crippen LogP contribution < -0.4 is 10.6 Å². The molecule has 2 rings (SSSR count). The molecule has 1 aromatic rings. The van der Waals surface area contributed by atoms with Crippen LogP contribution in [-0.4, -0.2) is 43.5 Å². The zero-order valence-corrected chi connectivity index (χ0v) is 13.4. The summed E-state index contributed by atoms with van der Waals surface area (Å²) >= 11 is 0. The molecule has 1 aliphatic heterocycles. The molecule has 1 atom stereocenters. The third-order valence-corrected chi connectivity index (χ3v) is 3.94. The Morgan fingerprint density at radius 3 is 2.95 bits per heavy atom. The molecule has 1 aliphatic rings. The number of hydrogen-bond donors (Lipinski definition) is 2. The predicted molar refractivity (Wildman–Crippen MR) is 87.9 cm³/mol. The van der Waals surface area contributed by atoms with E-state index in [9.17, 15) is 4.79 Å². The van der Waals surface area contributed by atoms with Gasteiger partial charge >= 0.3 is 0 Å². The Morgan fingerprint density at radius 1 is 1.43 bits per heavy atom. The number of aryl methyl sites for hydroxylation is 1. The second kappa shape index (κ2) is 7.46. The van der Waals surface area contributed by atoms with Gasteiger partial charge in [-0.1, -0.05) is 18.6 Å². The minimum atomic E-state index is 0.0394. The van der Waals surface area contributed by atoms with Crippen molar-refractivity contribution in [2.75, 3.05) is 32.0 Å².